The van der Waals surface area contributed by atoms with Gasteiger partial charge < -0.3 is 14.6 Å². The van der Waals surface area contributed by atoms with Crippen LogP contribution in [0.15, 0.2) is 46.9 Å². The molecule has 0 aliphatic carbocycles. The Morgan fingerprint density at radius 2 is 2.12 bits per heavy atom. The molecule has 0 saturated carbocycles. The van der Waals surface area contributed by atoms with Gasteiger partial charge >= 0.3 is 0 Å². The minimum atomic E-state index is -0.300. The zero-order chi connectivity index (χ0) is 17.4. The topological polar surface area (TPSA) is 58.4 Å². The van der Waals surface area contributed by atoms with Crippen molar-refractivity contribution in [1.82, 2.24) is 4.98 Å². The zero-order valence-electron chi connectivity index (χ0n) is 13.8. The average molecular weight is 356 g/mol. The highest BCUT2D eigenvalue weighted by Gasteiger charge is 2.34. The van der Waals surface area contributed by atoms with E-state index in [1.165, 1.54) is 0 Å². The summed E-state index contributed by atoms with van der Waals surface area (Å²) in [4.78, 5) is 19.3. The monoisotopic (exact) mass is 355 g/mol. The molecule has 0 radical (unpaired) electrons. The third-order valence-electron chi connectivity index (χ3n) is 4.61. The molecule has 3 aromatic rings. The van der Waals surface area contributed by atoms with Gasteiger partial charge in [-0.3, -0.25) is 4.79 Å². The number of para-hydroxylation sites is 2. The molecule has 1 aliphatic rings. The summed E-state index contributed by atoms with van der Waals surface area (Å²) in [5.41, 5.74) is 3.13. The molecule has 1 atom stereocenters. The number of carbonyl (C=O) groups is 1. The molecule has 1 amide bonds. The number of anilines is 2. The first-order valence-corrected chi connectivity index (χ1v) is 8.69. The standard InChI is InChI=1S/C19H18ClN3O2/c1-12-13(20)6-4-8-14(12)21-18(24)16-9-5-11-23(16)19-22-15-7-2-3-10-17(15)25-19/h2-4,6-8,10,16H,5,9,11H2,1H3,(H,21,24)/t16-/m0/s1. The summed E-state index contributed by atoms with van der Waals surface area (Å²) in [5.74, 6) is -0.0647. The minimum absolute atomic E-state index is 0.0647. The molecule has 1 N–H and O–H groups in total. The Kier molecular flexibility index (Phi) is 4.09. The van der Waals surface area contributed by atoms with Crippen molar-refractivity contribution >= 4 is 40.3 Å². The Morgan fingerprint density at radius 3 is 2.96 bits per heavy atom. The van der Waals surface area contributed by atoms with Crippen LogP contribution in [0.4, 0.5) is 11.7 Å². The van der Waals surface area contributed by atoms with Gasteiger partial charge in [0.05, 0.1) is 0 Å². The summed E-state index contributed by atoms with van der Waals surface area (Å²) in [6, 6.07) is 13.3. The SMILES string of the molecule is Cc1c(Cl)cccc1NC(=O)[C@@H]1CCCN1c1nc2ccccc2o1. The number of fused-ring (bicyclic) bond motifs is 1. The van der Waals surface area contributed by atoms with Gasteiger partial charge in [0.1, 0.15) is 11.6 Å². The van der Waals surface area contributed by atoms with Crippen molar-refractivity contribution in [1.29, 1.82) is 0 Å². The molecule has 128 valence electrons. The Bertz CT molecular complexity index is 904. The number of hydrogen-bond donors (Lipinski definition) is 1. The maximum absolute atomic E-state index is 12.8. The van der Waals surface area contributed by atoms with Gasteiger partial charge in [0, 0.05) is 17.3 Å². The van der Waals surface area contributed by atoms with E-state index in [0.29, 0.717) is 11.0 Å². The molecule has 0 unspecified atom stereocenters. The van der Waals surface area contributed by atoms with Crippen molar-refractivity contribution in [3.63, 3.8) is 0 Å². The van der Waals surface area contributed by atoms with Crippen LogP contribution in [-0.4, -0.2) is 23.5 Å². The van der Waals surface area contributed by atoms with Crippen LogP contribution in [-0.2, 0) is 4.79 Å². The molecule has 25 heavy (non-hydrogen) atoms. The first-order valence-electron chi connectivity index (χ1n) is 8.31. The molecular formula is C19H18ClN3O2. The van der Waals surface area contributed by atoms with Crippen LogP contribution in [0, 0.1) is 6.92 Å². The second-order valence-electron chi connectivity index (χ2n) is 6.22. The predicted molar refractivity (Wildman–Crippen MR) is 99.2 cm³/mol. The summed E-state index contributed by atoms with van der Waals surface area (Å²) < 4.78 is 5.84. The molecule has 5 nitrogen and oxygen atoms in total. The van der Waals surface area contributed by atoms with Gasteiger partial charge in [-0.15, -0.1) is 0 Å². The highest BCUT2D eigenvalue weighted by Crippen LogP contribution is 2.30. The van der Waals surface area contributed by atoms with Crippen LogP contribution >= 0.6 is 11.6 Å². The molecule has 1 saturated heterocycles. The summed E-state index contributed by atoms with van der Waals surface area (Å²) in [6.07, 6.45) is 1.69. The summed E-state index contributed by atoms with van der Waals surface area (Å²) in [6.45, 7) is 2.64. The van der Waals surface area contributed by atoms with Crippen LogP contribution in [0.1, 0.15) is 18.4 Å². The van der Waals surface area contributed by atoms with E-state index in [1.54, 1.807) is 0 Å². The van der Waals surface area contributed by atoms with Gasteiger partial charge in [0.2, 0.25) is 5.91 Å². The summed E-state index contributed by atoms with van der Waals surface area (Å²) in [5, 5.41) is 3.63. The number of aromatic nitrogens is 1. The quantitative estimate of drug-likeness (QED) is 0.756. The maximum Gasteiger partial charge on any atom is 0.299 e. The second-order valence-corrected chi connectivity index (χ2v) is 6.62. The molecule has 2 aromatic carbocycles. The molecule has 2 heterocycles. The highest BCUT2D eigenvalue weighted by molar-refractivity contribution is 6.31. The highest BCUT2D eigenvalue weighted by atomic mass is 35.5. The van der Waals surface area contributed by atoms with E-state index in [-0.39, 0.29) is 11.9 Å². The molecule has 1 fully saturated rings. The first kappa shape index (κ1) is 16.0. The van der Waals surface area contributed by atoms with Crippen molar-refractivity contribution in [2.24, 2.45) is 0 Å². The predicted octanol–water partition coefficient (Wildman–Crippen LogP) is 4.40. The van der Waals surface area contributed by atoms with Crippen LogP contribution in [0.25, 0.3) is 11.1 Å². The Morgan fingerprint density at radius 1 is 1.28 bits per heavy atom. The van der Waals surface area contributed by atoms with E-state index >= 15 is 0 Å². The average Bonchev–Trinajstić information content (AvgIpc) is 3.25. The van der Waals surface area contributed by atoms with E-state index in [1.807, 2.05) is 54.3 Å². The number of hydrogen-bond acceptors (Lipinski definition) is 4. The van der Waals surface area contributed by atoms with Crippen molar-refractivity contribution in [3.05, 3.63) is 53.1 Å². The van der Waals surface area contributed by atoms with Crippen molar-refractivity contribution in [2.75, 3.05) is 16.8 Å². The fraction of sp³-hybridized carbons (Fsp3) is 0.263. The first-order chi connectivity index (χ1) is 12.1. The number of rotatable bonds is 3. The Labute approximate surface area is 150 Å². The normalized spacial score (nSPS) is 17.2. The number of nitrogens with one attached hydrogen (secondary N) is 1. The van der Waals surface area contributed by atoms with Gasteiger partial charge in [-0.1, -0.05) is 29.8 Å². The van der Waals surface area contributed by atoms with Crippen LogP contribution in [0.5, 0.6) is 0 Å². The van der Waals surface area contributed by atoms with Gasteiger partial charge in [-0.2, -0.15) is 4.98 Å². The van der Waals surface area contributed by atoms with Crippen molar-refractivity contribution < 1.29 is 9.21 Å². The lowest BCUT2D eigenvalue weighted by Gasteiger charge is -2.22. The van der Waals surface area contributed by atoms with E-state index in [9.17, 15) is 4.79 Å². The summed E-state index contributed by atoms with van der Waals surface area (Å²) in [7, 11) is 0. The number of amides is 1. The second kappa shape index (κ2) is 6.41. The van der Waals surface area contributed by atoms with Gasteiger partial charge in [-0.05, 0) is 49.6 Å². The molecule has 6 heteroatoms. The fourth-order valence-corrected chi connectivity index (χ4v) is 3.38. The van der Waals surface area contributed by atoms with Crippen LogP contribution in [0.2, 0.25) is 5.02 Å². The number of halogens is 1. The lowest BCUT2D eigenvalue weighted by atomic mass is 10.1. The minimum Gasteiger partial charge on any atom is -0.423 e. The van der Waals surface area contributed by atoms with Crippen LogP contribution in [0.3, 0.4) is 0 Å². The third kappa shape index (κ3) is 2.96. The number of benzene rings is 2. The van der Waals surface area contributed by atoms with E-state index in [4.69, 9.17) is 16.0 Å². The molecule has 0 bridgehead atoms. The Balaban J connectivity index is 1.58. The van der Waals surface area contributed by atoms with Crippen molar-refractivity contribution in [2.45, 2.75) is 25.8 Å². The lowest BCUT2D eigenvalue weighted by molar-refractivity contribution is -0.117. The van der Waals surface area contributed by atoms with Crippen molar-refractivity contribution in [3.8, 4) is 0 Å². The van der Waals surface area contributed by atoms with E-state index < -0.39 is 0 Å². The molecule has 0 spiro atoms. The van der Waals surface area contributed by atoms with Gasteiger partial charge in [-0.25, -0.2) is 0 Å². The largest absolute Gasteiger partial charge is 0.423 e. The number of carbonyl (C=O) groups excluding carboxylic acids is 1. The molecule has 1 aliphatic heterocycles. The summed E-state index contributed by atoms with van der Waals surface area (Å²) >= 11 is 6.14. The Hall–Kier alpha value is -2.53. The molecule has 4 rings (SSSR count). The van der Waals surface area contributed by atoms with E-state index in [0.717, 1.165) is 41.7 Å². The molecule has 1 aromatic heterocycles. The van der Waals surface area contributed by atoms with E-state index in [2.05, 4.69) is 10.3 Å². The van der Waals surface area contributed by atoms with Crippen LogP contribution < -0.4 is 10.2 Å². The smallest absolute Gasteiger partial charge is 0.299 e. The molecular weight excluding hydrogens is 338 g/mol. The van der Waals surface area contributed by atoms with Gasteiger partial charge in [0.15, 0.2) is 5.58 Å². The lowest BCUT2D eigenvalue weighted by Crippen LogP contribution is -2.40. The van der Waals surface area contributed by atoms with Gasteiger partial charge in [0.25, 0.3) is 6.01 Å². The maximum atomic E-state index is 12.8. The number of oxazole rings is 1. The number of nitrogens with zero attached hydrogens (tertiary/aromatic N) is 2. The zero-order valence-corrected chi connectivity index (χ0v) is 14.6. The fourth-order valence-electron chi connectivity index (χ4n) is 3.21. The third-order valence-corrected chi connectivity index (χ3v) is 5.02.